The quantitative estimate of drug-likeness (QED) is 0.656. The number of hydrogen-bond acceptors (Lipinski definition) is 1. The molecule has 1 unspecified atom stereocenters. The molecule has 1 aromatic carbocycles. The van der Waals surface area contributed by atoms with Crippen LogP contribution < -0.4 is 0 Å². The van der Waals surface area contributed by atoms with Crippen LogP contribution in [0.25, 0.3) is 0 Å². The minimum absolute atomic E-state index is 0.837. The van der Waals surface area contributed by atoms with E-state index in [4.69, 9.17) is 0 Å². The maximum Gasteiger partial charge on any atom is 0.0498 e. The van der Waals surface area contributed by atoms with Gasteiger partial charge in [-0.2, -0.15) is 0 Å². The first kappa shape index (κ1) is 11.4. The molecule has 0 amide bonds. The lowest BCUT2D eigenvalue weighted by molar-refractivity contribution is 0.687. The van der Waals surface area contributed by atoms with E-state index in [1.54, 1.807) is 6.26 Å². The van der Waals surface area contributed by atoms with Crippen molar-refractivity contribution in [2.45, 2.75) is 25.7 Å². The van der Waals surface area contributed by atoms with Crippen LogP contribution in [0.2, 0.25) is 0 Å². The number of hydrogen-bond donors (Lipinski definition) is 0. The zero-order valence-electron chi connectivity index (χ0n) is 8.13. The molecule has 1 nitrogen and oxygen atoms in total. The van der Waals surface area contributed by atoms with Crippen molar-refractivity contribution in [2.24, 2.45) is 0 Å². The minimum atomic E-state index is -0.837. The van der Waals surface area contributed by atoms with E-state index >= 15 is 0 Å². The number of rotatable bonds is 1. The highest BCUT2D eigenvalue weighted by molar-refractivity contribution is 7.84. The Bertz CT molecular complexity index is 239. The Kier molecular flexibility index (Phi) is 5.64. The van der Waals surface area contributed by atoms with Crippen LogP contribution in [0.3, 0.4) is 0 Å². The van der Waals surface area contributed by atoms with Gasteiger partial charge >= 0.3 is 0 Å². The average molecular weight is 184 g/mol. The summed E-state index contributed by atoms with van der Waals surface area (Å²) in [6, 6.07) is 7.73. The smallest absolute Gasteiger partial charge is 0.0498 e. The maximum absolute atomic E-state index is 10.9. The summed E-state index contributed by atoms with van der Waals surface area (Å²) in [7, 11) is -0.837. The fourth-order valence-electron chi connectivity index (χ4n) is 0.730. The number of benzene rings is 1. The molecule has 1 rings (SSSR count). The zero-order valence-corrected chi connectivity index (χ0v) is 8.94. The van der Waals surface area contributed by atoms with Crippen LogP contribution >= 0.6 is 0 Å². The van der Waals surface area contributed by atoms with Crippen molar-refractivity contribution in [2.75, 3.05) is 6.26 Å². The third-order valence-corrected chi connectivity index (χ3v) is 2.29. The van der Waals surface area contributed by atoms with Crippen LogP contribution in [0.5, 0.6) is 0 Å². The van der Waals surface area contributed by atoms with Crippen LogP contribution in [-0.2, 0) is 10.8 Å². The van der Waals surface area contributed by atoms with E-state index in [-0.39, 0.29) is 0 Å². The molecule has 0 N–H and O–H groups in total. The first-order valence-electron chi connectivity index (χ1n) is 4.10. The minimum Gasteiger partial charge on any atom is -0.255 e. The molecule has 0 aliphatic rings. The second-order valence-electron chi connectivity index (χ2n) is 2.27. The molecule has 0 aliphatic carbocycles. The monoisotopic (exact) mass is 184 g/mol. The van der Waals surface area contributed by atoms with Crippen LogP contribution in [0, 0.1) is 6.92 Å². The summed E-state index contributed by atoms with van der Waals surface area (Å²) in [5.41, 5.74) is 1.20. The van der Waals surface area contributed by atoms with Crippen LogP contribution in [0.1, 0.15) is 19.4 Å². The Morgan fingerprint density at radius 2 is 1.50 bits per heavy atom. The lowest BCUT2D eigenvalue weighted by Gasteiger charge is -1.94. The fraction of sp³-hybridized carbons (Fsp3) is 0.400. The van der Waals surface area contributed by atoms with Gasteiger partial charge in [0.1, 0.15) is 0 Å². The molecule has 68 valence electrons. The van der Waals surface area contributed by atoms with Gasteiger partial charge in [0.25, 0.3) is 0 Å². The van der Waals surface area contributed by atoms with E-state index in [1.165, 1.54) is 5.56 Å². The normalized spacial score (nSPS) is 11.3. The van der Waals surface area contributed by atoms with E-state index in [0.717, 1.165) is 4.90 Å². The molecular formula is C10H16OS. The Morgan fingerprint density at radius 1 is 1.08 bits per heavy atom. The van der Waals surface area contributed by atoms with Gasteiger partial charge in [0.05, 0.1) is 0 Å². The molecule has 0 fully saturated rings. The molecule has 2 heteroatoms. The lowest BCUT2D eigenvalue weighted by Crippen LogP contribution is -1.85. The Labute approximate surface area is 77.3 Å². The van der Waals surface area contributed by atoms with Crippen molar-refractivity contribution >= 4 is 10.8 Å². The van der Waals surface area contributed by atoms with Crippen molar-refractivity contribution in [3.05, 3.63) is 29.8 Å². The van der Waals surface area contributed by atoms with E-state index < -0.39 is 10.8 Å². The van der Waals surface area contributed by atoms with Gasteiger partial charge in [0, 0.05) is 22.0 Å². The molecule has 1 atom stereocenters. The summed E-state index contributed by atoms with van der Waals surface area (Å²) in [6.45, 7) is 6.02. The van der Waals surface area contributed by atoms with Gasteiger partial charge in [-0.15, -0.1) is 0 Å². The summed E-state index contributed by atoms with van der Waals surface area (Å²) in [4.78, 5) is 0.894. The van der Waals surface area contributed by atoms with Gasteiger partial charge in [-0.25, -0.2) is 0 Å². The SMILES string of the molecule is CC.Cc1ccc(S(C)=O)cc1. The van der Waals surface area contributed by atoms with Crippen LogP contribution in [0.4, 0.5) is 0 Å². The topological polar surface area (TPSA) is 17.1 Å². The fourth-order valence-corrected chi connectivity index (χ4v) is 1.25. The standard InChI is InChI=1S/C8H10OS.C2H6/c1-7-3-5-8(6-4-7)10(2)9;1-2/h3-6H,1-2H3;1-2H3. The zero-order chi connectivity index (χ0) is 9.56. The molecule has 0 bridgehead atoms. The molecule has 0 aromatic heterocycles. The molecule has 12 heavy (non-hydrogen) atoms. The second kappa shape index (κ2) is 5.95. The van der Waals surface area contributed by atoms with Gasteiger partial charge in [-0.1, -0.05) is 31.5 Å². The Balaban J connectivity index is 0.000000561. The lowest BCUT2D eigenvalue weighted by atomic mass is 10.2. The molecule has 0 saturated carbocycles. The van der Waals surface area contributed by atoms with Gasteiger partial charge < -0.3 is 0 Å². The van der Waals surface area contributed by atoms with Crippen LogP contribution in [0.15, 0.2) is 29.2 Å². The second-order valence-corrected chi connectivity index (χ2v) is 3.65. The van der Waals surface area contributed by atoms with Gasteiger partial charge in [-0.3, -0.25) is 4.21 Å². The highest BCUT2D eigenvalue weighted by Gasteiger charge is 1.93. The first-order valence-corrected chi connectivity index (χ1v) is 5.66. The highest BCUT2D eigenvalue weighted by atomic mass is 32.2. The largest absolute Gasteiger partial charge is 0.255 e. The van der Waals surface area contributed by atoms with Crippen molar-refractivity contribution < 1.29 is 4.21 Å². The van der Waals surface area contributed by atoms with E-state index in [9.17, 15) is 4.21 Å². The Morgan fingerprint density at radius 3 is 1.83 bits per heavy atom. The van der Waals surface area contributed by atoms with Crippen molar-refractivity contribution in [1.29, 1.82) is 0 Å². The summed E-state index contributed by atoms with van der Waals surface area (Å²) >= 11 is 0. The third-order valence-electron chi connectivity index (χ3n) is 1.35. The van der Waals surface area contributed by atoms with Gasteiger partial charge in [0.2, 0.25) is 0 Å². The summed E-state index contributed by atoms with van der Waals surface area (Å²) in [6.07, 6.45) is 1.69. The average Bonchev–Trinajstić information content (AvgIpc) is 2.09. The predicted molar refractivity (Wildman–Crippen MR) is 54.9 cm³/mol. The summed E-state index contributed by atoms with van der Waals surface area (Å²) < 4.78 is 10.9. The molecule has 0 aliphatic heterocycles. The predicted octanol–water partition coefficient (Wildman–Crippen LogP) is 2.76. The molecule has 1 aromatic rings. The molecule has 0 heterocycles. The van der Waals surface area contributed by atoms with Crippen LogP contribution in [-0.4, -0.2) is 10.5 Å². The van der Waals surface area contributed by atoms with Crippen molar-refractivity contribution in [3.8, 4) is 0 Å². The van der Waals surface area contributed by atoms with Crippen molar-refractivity contribution in [3.63, 3.8) is 0 Å². The van der Waals surface area contributed by atoms with Gasteiger partial charge in [-0.05, 0) is 19.1 Å². The molecule has 0 saturated heterocycles. The Hall–Kier alpha value is -0.630. The molecule has 0 radical (unpaired) electrons. The van der Waals surface area contributed by atoms with Gasteiger partial charge in [0.15, 0.2) is 0 Å². The molecule has 0 spiro atoms. The third kappa shape index (κ3) is 3.67. The summed E-state index contributed by atoms with van der Waals surface area (Å²) in [5, 5.41) is 0. The molecular weight excluding hydrogens is 168 g/mol. The maximum atomic E-state index is 10.9. The first-order chi connectivity index (χ1) is 5.70. The van der Waals surface area contributed by atoms with E-state index in [0.29, 0.717) is 0 Å². The number of aryl methyl sites for hydroxylation is 1. The van der Waals surface area contributed by atoms with Crippen molar-refractivity contribution in [1.82, 2.24) is 0 Å². The summed E-state index contributed by atoms with van der Waals surface area (Å²) in [5.74, 6) is 0. The highest BCUT2D eigenvalue weighted by Crippen LogP contribution is 2.05. The van der Waals surface area contributed by atoms with E-state index in [1.807, 2.05) is 45.0 Å². The van der Waals surface area contributed by atoms with E-state index in [2.05, 4.69) is 0 Å².